The van der Waals surface area contributed by atoms with Crippen LogP contribution in [-0.2, 0) is 6.61 Å². The number of carbonyl (C=O) groups excluding carboxylic acids is 1. The predicted octanol–water partition coefficient (Wildman–Crippen LogP) is 3.95. The molecule has 108 valence electrons. The number of rotatable bonds is 2. The normalized spacial score (nSPS) is 12.0. The number of thiophene rings is 1. The molecule has 0 aliphatic carbocycles. The number of hydrogen-bond acceptors (Lipinski definition) is 4. The number of anilines is 1. The van der Waals surface area contributed by atoms with Crippen molar-refractivity contribution in [3.63, 3.8) is 0 Å². The maximum absolute atomic E-state index is 12.4. The fourth-order valence-electron chi connectivity index (χ4n) is 2.44. The summed E-state index contributed by atoms with van der Waals surface area (Å²) < 4.78 is 5.73. The maximum Gasteiger partial charge on any atom is 0.265 e. The Morgan fingerprint density at radius 3 is 2.86 bits per heavy atom. The minimum atomic E-state index is -0.108. The molecule has 1 amide bonds. The van der Waals surface area contributed by atoms with Crippen molar-refractivity contribution in [1.82, 2.24) is 4.98 Å². The largest absolute Gasteiger partial charge is 0.488 e. The van der Waals surface area contributed by atoms with Gasteiger partial charge in [0.25, 0.3) is 5.91 Å². The highest BCUT2D eigenvalue weighted by Gasteiger charge is 2.22. The van der Waals surface area contributed by atoms with E-state index >= 15 is 0 Å². The first-order chi connectivity index (χ1) is 10.8. The number of aromatic nitrogens is 1. The number of hydrogen-bond donors (Lipinski definition) is 1. The van der Waals surface area contributed by atoms with E-state index < -0.39 is 0 Å². The monoisotopic (exact) mass is 308 g/mol. The summed E-state index contributed by atoms with van der Waals surface area (Å²) in [7, 11) is 0. The van der Waals surface area contributed by atoms with Crippen LogP contribution >= 0.6 is 11.3 Å². The molecule has 4 rings (SSSR count). The van der Waals surface area contributed by atoms with Gasteiger partial charge in [0, 0.05) is 34.1 Å². The highest BCUT2D eigenvalue weighted by Crippen LogP contribution is 2.42. The molecule has 22 heavy (non-hydrogen) atoms. The average molecular weight is 308 g/mol. The van der Waals surface area contributed by atoms with E-state index in [0.717, 1.165) is 27.4 Å². The van der Waals surface area contributed by atoms with Gasteiger partial charge in [0.15, 0.2) is 0 Å². The van der Waals surface area contributed by atoms with Crippen molar-refractivity contribution in [3.8, 4) is 16.2 Å². The molecule has 5 heteroatoms. The Morgan fingerprint density at radius 1 is 1.18 bits per heavy atom. The molecule has 1 aliphatic heterocycles. The Hall–Kier alpha value is -2.66. The molecule has 4 nitrogen and oxygen atoms in total. The number of para-hydroxylation sites is 1. The van der Waals surface area contributed by atoms with Gasteiger partial charge in [0.1, 0.15) is 12.4 Å². The highest BCUT2D eigenvalue weighted by atomic mass is 32.1. The molecule has 2 aromatic heterocycles. The van der Waals surface area contributed by atoms with Crippen molar-refractivity contribution >= 4 is 22.9 Å². The van der Waals surface area contributed by atoms with Gasteiger partial charge in [-0.05, 0) is 30.3 Å². The van der Waals surface area contributed by atoms with Crippen LogP contribution in [0, 0.1) is 0 Å². The minimum Gasteiger partial charge on any atom is -0.488 e. The van der Waals surface area contributed by atoms with E-state index in [1.807, 2.05) is 30.3 Å². The Morgan fingerprint density at radius 2 is 2.00 bits per heavy atom. The van der Waals surface area contributed by atoms with Gasteiger partial charge in [-0.25, -0.2) is 0 Å². The summed E-state index contributed by atoms with van der Waals surface area (Å²) in [6.07, 6.45) is 3.30. The summed E-state index contributed by atoms with van der Waals surface area (Å²) in [6, 6.07) is 13.4. The average Bonchev–Trinajstić information content (AvgIpc) is 3.00. The number of nitrogens with zero attached hydrogens (tertiary/aromatic N) is 1. The third kappa shape index (κ3) is 2.25. The van der Waals surface area contributed by atoms with Crippen molar-refractivity contribution in [3.05, 3.63) is 65.3 Å². The number of amides is 1. The smallest absolute Gasteiger partial charge is 0.265 e. The van der Waals surface area contributed by atoms with E-state index in [2.05, 4.69) is 10.3 Å². The van der Waals surface area contributed by atoms with Crippen LogP contribution in [0.25, 0.3) is 10.4 Å². The minimum absolute atomic E-state index is 0.108. The standard InChI is InChI=1S/C17H12N2O2S/c20-17(19-12-5-7-18-8-6-12)15-9-11-10-21-14-4-2-1-3-13(14)16(11)22-15/h1-9H,10H2,(H,18,19,20). The van der Waals surface area contributed by atoms with E-state index in [9.17, 15) is 4.79 Å². The number of benzene rings is 1. The van der Waals surface area contributed by atoms with Crippen molar-refractivity contribution in [1.29, 1.82) is 0 Å². The molecule has 1 N–H and O–H groups in total. The molecule has 0 saturated heterocycles. The molecule has 0 saturated carbocycles. The van der Waals surface area contributed by atoms with E-state index in [-0.39, 0.29) is 5.91 Å². The lowest BCUT2D eigenvalue weighted by Crippen LogP contribution is -2.10. The zero-order valence-corrected chi connectivity index (χ0v) is 12.4. The quantitative estimate of drug-likeness (QED) is 0.779. The van der Waals surface area contributed by atoms with Crippen LogP contribution in [0.3, 0.4) is 0 Å². The second-order valence-corrected chi connectivity index (χ2v) is 5.99. The number of carbonyl (C=O) groups is 1. The van der Waals surface area contributed by atoms with Crippen molar-refractivity contribution in [2.24, 2.45) is 0 Å². The van der Waals surface area contributed by atoms with Crippen LogP contribution in [0.1, 0.15) is 15.2 Å². The molecule has 1 aromatic carbocycles. The Bertz CT molecular complexity index is 843. The van der Waals surface area contributed by atoms with Gasteiger partial charge >= 0.3 is 0 Å². The zero-order chi connectivity index (χ0) is 14.9. The Labute approximate surface area is 131 Å². The molecule has 0 atom stereocenters. The Kier molecular flexibility index (Phi) is 3.12. The van der Waals surface area contributed by atoms with Crippen LogP contribution in [0.2, 0.25) is 0 Å². The fourth-order valence-corrected chi connectivity index (χ4v) is 3.53. The molecule has 3 aromatic rings. The fraction of sp³-hybridized carbons (Fsp3) is 0.0588. The van der Waals surface area contributed by atoms with E-state index in [4.69, 9.17) is 4.74 Å². The SMILES string of the molecule is O=C(Nc1ccncc1)c1cc2c(s1)-c1ccccc1OC2. The van der Waals surface area contributed by atoms with Crippen molar-refractivity contribution < 1.29 is 9.53 Å². The van der Waals surface area contributed by atoms with Gasteiger partial charge in [-0.2, -0.15) is 0 Å². The van der Waals surface area contributed by atoms with Gasteiger partial charge in [0.05, 0.1) is 4.88 Å². The number of ether oxygens (including phenoxy) is 1. The summed E-state index contributed by atoms with van der Waals surface area (Å²) in [6.45, 7) is 0.505. The van der Waals surface area contributed by atoms with Crippen LogP contribution in [0.4, 0.5) is 5.69 Å². The van der Waals surface area contributed by atoms with Gasteiger partial charge in [0.2, 0.25) is 0 Å². The Balaban J connectivity index is 1.66. The van der Waals surface area contributed by atoms with Crippen molar-refractivity contribution in [2.75, 3.05) is 5.32 Å². The summed E-state index contributed by atoms with van der Waals surface area (Å²) >= 11 is 1.50. The van der Waals surface area contributed by atoms with Crippen molar-refractivity contribution in [2.45, 2.75) is 6.61 Å². The summed E-state index contributed by atoms with van der Waals surface area (Å²) in [5.41, 5.74) is 2.85. The number of nitrogens with one attached hydrogen (secondary N) is 1. The molecule has 0 unspecified atom stereocenters. The van der Waals surface area contributed by atoms with Crippen LogP contribution in [0.5, 0.6) is 5.75 Å². The molecule has 3 heterocycles. The third-order valence-corrected chi connectivity index (χ3v) is 4.70. The molecule has 1 aliphatic rings. The first-order valence-electron chi connectivity index (χ1n) is 6.87. The van der Waals surface area contributed by atoms with Gasteiger partial charge in [-0.15, -0.1) is 11.3 Å². The number of pyridine rings is 1. The van der Waals surface area contributed by atoms with Crippen LogP contribution in [0.15, 0.2) is 54.9 Å². The first kappa shape index (κ1) is 13.0. The first-order valence-corrected chi connectivity index (χ1v) is 7.69. The maximum atomic E-state index is 12.4. The topological polar surface area (TPSA) is 51.2 Å². The second kappa shape index (κ2) is 5.27. The lowest BCUT2D eigenvalue weighted by molar-refractivity contribution is 0.103. The third-order valence-electron chi connectivity index (χ3n) is 3.49. The van der Waals surface area contributed by atoms with Crippen LogP contribution in [-0.4, -0.2) is 10.9 Å². The summed E-state index contributed by atoms with van der Waals surface area (Å²) in [4.78, 5) is 18.1. The van der Waals surface area contributed by atoms with Gasteiger partial charge < -0.3 is 10.1 Å². The zero-order valence-electron chi connectivity index (χ0n) is 11.6. The highest BCUT2D eigenvalue weighted by molar-refractivity contribution is 7.17. The number of fused-ring (bicyclic) bond motifs is 3. The predicted molar refractivity (Wildman–Crippen MR) is 86.3 cm³/mol. The van der Waals surface area contributed by atoms with E-state index in [1.165, 1.54) is 11.3 Å². The van der Waals surface area contributed by atoms with Gasteiger partial charge in [-0.1, -0.05) is 12.1 Å². The lowest BCUT2D eigenvalue weighted by atomic mass is 10.1. The summed E-state index contributed by atoms with van der Waals surface area (Å²) in [5.74, 6) is 0.765. The van der Waals surface area contributed by atoms with Crippen LogP contribution < -0.4 is 10.1 Å². The second-order valence-electron chi connectivity index (χ2n) is 4.94. The van der Waals surface area contributed by atoms with Gasteiger partial charge in [-0.3, -0.25) is 9.78 Å². The lowest BCUT2D eigenvalue weighted by Gasteiger charge is -2.16. The molecule has 0 spiro atoms. The molecular formula is C17H12N2O2S. The molecular weight excluding hydrogens is 296 g/mol. The van der Waals surface area contributed by atoms with E-state index in [1.54, 1.807) is 24.5 Å². The molecule has 0 bridgehead atoms. The molecule has 0 fully saturated rings. The van der Waals surface area contributed by atoms with E-state index in [0.29, 0.717) is 11.5 Å². The summed E-state index contributed by atoms with van der Waals surface area (Å²) in [5, 5.41) is 2.88. The molecule has 0 radical (unpaired) electrons.